The van der Waals surface area contributed by atoms with E-state index in [2.05, 4.69) is 18.7 Å². The lowest BCUT2D eigenvalue weighted by atomic mass is 9.97. The molecule has 1 atom stereocenters. The van der Waals surface area contributed by atoms with Crippen LogP contribution in [0.15, 0.2) is 18.2 Å². The molecule has 1 fully saturated rings. The maximum Gasteiger partial charge on any atom is 0.129 e. The van der Waals surface area contributed by atoms with Gasteiger partial charge < -0.3 is 5.73 Å². The van der Waals surface area contributed by atoms with Crippen LogP contribution in [0.1, 0.15) is 38.3 Å². The van der Waals surface area contributed by atoms with Crippen LogP contribution in [0, 0.1) is 5.82 Å². The molecule has 0 bridgehead atoms. The van der Waals surface area contributed by atoms with Gasteiger partial charge in [0, 0.05) is 22.7 Å². The van der Waals surface area contributed by atoms with Crippen molar-refractivity contribution in [2.75, 3.05) is 13.1 Å². The Morgan fingerprint density at radius 1 is 1.50 bits per heavy atom. The SMILES string of the molecule is CC1(C)CCCN1C(CN)c1ccc(Cl)cc1F. The molecule has 0 radical (unpaired) electrons. The molecule has 100 valence electrons. The zero-order chi connectivity index (χ0) is 13.3. The Hall–Kier alpha value is -0.640. The molecule has 1 aliphatic heterocycles. The largest absolute Gasteiger partial charge is 0.329 e. The van der Waals surface area contributed by atoms with Crippen LogP contribution in [0.2, 0.25) is 5.02 Å². The van der Waals surface area contributed by atoms with Crippen molar-refractivity contribution >= 4 is 11.6 Å². The van der Waals surface area contributed by atoms with Gasteiger partial charge in [-0.15, -0.1) is 0 Å². The molecule has 18 heavy (non-hydrogen) atoms. The smallest absolute Gasteiger partial charge is 0.129 e. The van der Waals surface area contributed by atoms with E-state index in [0.717, 1.165) is 19.4 Å². The van der Waals surface area contributed by atoms with Crippen molar-refractivity contribution in [1.82, 2.24) is 4.90 Å². The molecule has 2 rings (SSSR count). The van der Waals surface area contributed by atoms with Crippen LogP contribution in [-0.4, -0.2) is 23.5 Å². The highest BCUT2D eigenvalue weighted by molar-refractivity contribution is 6.30. The quantitative estimate of drug-likeness (QED) is 0.913. The second kappa shape index (κ2) is 5.16. The molecule has 1 unspecified atom stereocenters. The van der Waals surface area contributed by atoms with Gasteiger partial charge in [0.25, 0.3) is 0 Å². The monoisotopic (exact) mass is 270 g/mol. The normalized spacial score (nSPS) is 21.2. The highest BCUT2D eigenvalue weighted by atomic mass is 35.5. The molecule has 0 spiro atoms. The first-order valence-corrected chi connectivity index (χ1v) is 6.75. The average molecular weight is 271 g/mol. The molecule has 0 amide bonds. The molecule has 0 aliphatic carbocycles. The fraction of sp³-hybridized carbons (Fsp3) is 0.571. The van der Waals surface area contributed by atoms with Crippen LogP contribution in [-0.2, 0) is 0 Å². The Bertz CT molecular complexity index is 434. The lowest BCUT2D eigenvalue weighted by molar-refractivity contribution is 0.117. The Morgan fingerprint density at radius 2 is 2.22 bits per heavy atom. The summed E-state index contributed by atoms with van der Waals surface area (Å²) in [6.45, 7) is 5.77. The maximum atomic E-state index is 14.0. The van der Waals surface area contributed by atoms with Gasteiger partial charge in [0.1, 0.15) is 5.82 Å². The molecule has 1 aromatic carbocycles. The van der Waals surface area contributed by atoms with E-state index >= 15 is 0 Å². The number of nitrogens with zero attached hydrogens (tertiary/aromatic N) is 1. The van der Waals surface area contributed by atoms with Crippen molar-refractivity contribution < 1.29 is 4.39 Å². The molecule has 1 saturated heterocycles. The van der Waals surface area contributed by atoms with Gasteiger partial charge in [0.2, 0.25) is 0 Å². The average Bonchev–Trinajstić information content (AvgIpc) is 2.63. The van der Waals surface area contributed by atoms with Crippen LogP contribution >= 0.6 is 11.6 Å². The van der Waals surface area contributed by atoms with E-state index in [-0.39, 0.29) is 17.4 Å². The number of hydrogen-bond donors (Lipinski definition) is 1. The molecule has 1 aliphatic rings. The first-order chi connectivity index (χ1) is 8.45. The third kappa shape index (κ3) is 2.53. The van der Waals surface area contributed by atoms with E-state index in [4.69, 9.17) is 17.3 Å². The van der Waals surface area contributed by atoms with E-state index < -0.39 is 0 Å². The Balaban J connectivity index is 2.33. The van der Waals surface area contributed by atoms with E-state index in [9.17, 15) is 4.39 Å². The van der Waals surface area contributed by atoms with Gasteiger partial charge in [-0.25, -0.2) is 4.39 Å². The summed E-state index contributed by atoms with van der Waals surface area (Å²) >= 11 is 5.80. The fourth-order valence-corrected chi connectivity index (χ4v) is 3.06. The molecule has 1 heterocycles. The standard InChI is InChI=1S/C14H20ClFN2/c1-14(2)6-3-7-18(14)13(9-17)11-5-4-10(15)8-12(11)16/h4-5,8,13H,3,6-7,9,17H2,1-2H3. The predicted molar refractivity (Wildman–Crippen MR) is 73.2 cm³/mol. The topological polar surface area (TPSA) is 29.3 Å². The molecular formula is C14H20ClFN2. The molecule has 0 saturated carbocycles. The minimum Gasteiger partial charge on any atom is -0.329 e. The van der Waals surface area contributed by atoms with Crippen LogP contribution in [0.25, 0.3) is 0 Å². The lowest BCUT2D eigenvalue weighted by Crippen LogP contribution is -2.43. The van der Waals surface area contributed by atoms with Gasteiger partial charge >= 0.3 is 0 Å². The third-order valence-corrected chi connectivity index (χ3v) is 4.12. The van der Waals surface area contributed by atoms with Gasteiger partial charge in [0.15, 0.2) is 0 Å². The number of halogens is 2. The van der Waals surface area contributed by atoms with E-state index in [0.29, 0.717) is 17.1 Å². The van der Waals surface area contributed by atoms with Gasteiger partial charge in [-0.05, 0) is 45.4 Å². The van der Waals surface area contributed by atoms with Crippen molar-refractivity contribution in [3.63, 3.8) is 0 Å². The molecule has 1 aromatic rings. The summed E-state index contributed by atoms with van der Waals surface area (Å²) < 4.78 is 14.0. The van der Waals surface area contributed by atoms with E-state index in [1.807, 2.05) is 0 Å². The fourth-order valence-electron chi connectivity index (χ4n) is 2.90. The molecule has 2 N–H and O–H groups in total. The Labute approximate surface area is 113 Å². The minimum absolute atomic E-state index is 0.0697. The number of nitrogens with two attached hydrogens (primary N) is 1. The summed E-state index contributed by atoms with van der Waals surface area (Å²) in [6.07, 6.45) is 2.26. The van der Waals surface area contributed by atoms with E-state index in [1.165, 1.54) is 6.07 Å². The molecule has 4 heteroatoms. The Morgan fingerprint density at radius 3 is 2.72 bits per heavy atom. The predicted octanol–water partition coefficient (Wildman–Crippen LogP) is 3.35. The summed E-state index contributed by atoms with van der Waals surface area (Å²) in [4.78, 5) is 2.30. The van der Waals surface area contributed by atoms with Crippen molar-refractivity contribution in [3.05, 3.63) is 34.6 Å². The zero-order valence-corrected chi connectivity index (χ0v) is 11.7. The highest BCUT2D eigenvalue weighted by Gasteiger charge is 2.37. The molecular weight excluding hydrogens is 251 g/mol. The first-order valence-electron chi connectivity index (χ1n) is 6.37. The number of likely N-dealkylation sites (tertiary alicyclic amines) is 1. The summed E-state index contributed by atoms with van der Waals surface area (Å²) in [5.41, 5.74) is 6.60. The summed E-state index contributed by atoms with van der Waals surface area (Å²) in [5.74, 6) is -0.263. The summed E-state index contributed by atoms with van der Waals surface area (Å²) in [6, 6.07) is 4.78. The van der Waals surface area contributed by atoms with Gasteiger partial charge in [0.05, 0.1) is 6.04 Å². The van der Waals surface area contributed by atoms with Crippen LogP contribution in [0.4, 0.5) is 4.39 Å². The van der Waals surface area contributed by atoms with Gasteiger partial charge in [-0.2, -0.15) is 0 Å². The zero-order valence-electron chi connectivity index (χ0n) is 10.9. The summed E-state index contributed by atoms with van der Waals surface area (Å²) in [7, 11) is 0. The minimum atomic E-state index is -0.263. The van der Waals surface area contributed by atoms with Crippen LogP contribution in [0.3, 0.4) is 0 Å². The van der Waals surface area contributed by atoms with Gasteiger partial charge in [-0.1, -0.05) is 17.7 Å². The first kappa shape index (κ1) is 13.8. The van der Waals surface area contributed by atoms with Crippen molar-refractivity contribution in [3.8, 4) is 0 Å². The number of rotatable bonds is 3. The van der Waals surface area contributed by atoms with Crippen molar-refractivity contribution in [2.45, 2.75) is 38.3 Å². The molecule has 0 aromatic heterocycles. The second-order valence-corrected chi connectivity index (χ2v) is 5.96. The number of benzene rings is 1. The Kier molecular flexibility index (Phi) is 3.95. The van der Waals surface area contributed by atoms with Gasteiger partial charge in [-0.3, -0.25) is 4.90 Å². The van der Waals surface area contributed by atoms with Crippen LogP contribution in [0.5, 0.6) is 0 Å². The summed E-state index contributed by atoms with van der Waals surface area (Å²) in [5, 5.41) is 0.424. The maximum absolute atomic E-state index is 14.0. The third-order valence-electron chi connectivity index (χ3n) is 3.89. The highest BCUT2D eigenvalue weighted by Crippen LogP contribution is 2.37. The number of hydrogen-bond acceptors (Lipinski definition) is 2. The second-order valence-electron chi connectivity index (χ2n) is 5.53. The van der Waals surface area contributed by atoms with E-state index in [1.54, 1.807) is 12.1 Å². The van der Waals surface area contributed by atoms with Crippen molar-refractivity contribution in [2.24, 2.45) is 5.73 Å². The van der Waals surface area contributed by atoms with Crippen LogP contribution < -0.4 is 5.73 Å². The van der Waals surface area contributed by atoms with Crippen molar-refractivity contribution in [1.29, 1.82) is 0 Å². The lowest BCUT2D eigenvalue weighted by Gasteiger charge is -2.38. The molecule has 2 nitrogen and oxygen atoms in total.